The molecule has 17 heavy (non-hydrogen) atoms. The maximum absolute atomic E-state index is 11.9. The molecule has 3 nitrogen and oxygen atoms in total. The SMILES string of the molecule is Cc1cc(Br)c2c(c1)C(=O)C(=O)N2CC(C)C. The molecule has 90 valence electrons. The molecule has 0 saturated carbocycles. The second kappa shape index (κ2) is 4.26. The summed E-state index contributed by atoms with van der Waals surface area (Å²) in [6.07, 6.45) is 0. The van der Waals surface area contributed by atoms with E-state index in [-0.39, 0.29) is 0 Å². The first kappa shape index (κ1) is 12.3. The van der Waals surface area contributed by atoms with Crippen LogP contribution in [-0.4, -0.2) is 18.2 Å². The molecule has 1 aliphatic heterocycles. The standard InChI is InChI=1S/C13H14BrNO2/c1-7(2)6-15-11-9(12(16)13(15)17)4-8(3)5-10(11)14/h4-5,7H,6H2,1-3H3. The number of aryl methyl sites for hydroxylation is 1. The Labute approximate surface area is 109 Å². The van der Waals surface area contributed by atoms with Gasteiger partial charge >= 0.3 is 0 Å². The Kier molecular flexibility index (Phi) is 3.08. The Morgan fingerprint density at radius 1 is 1.29 bits per heavy atom. The van der Waals surface area contributed by atoms with E-state index >= 15 is 0 Å². The van der Waals surface area contributed by atoms with Crippen LogP contribution in [0.1, 0.15) is 29.8 Å². The highest BCUT2D eigenvalue weighted by Crippen LogP contribution is 2.37. The van der Waals surface area contributed by atoms with Crippen molar-refractivity contribution >= 4 is 33.3 Å². The van der Waals surface area contributed by atoms with Crippen LogP contribution in [0, 0.1) is 12.8 Å². The van der Waals surface area contributed by atoms with Crippen LogP contribution in [0.15, 0.2) is 16.6 Å². The minimum absolute atomic E-state index is 0.325. The Hall–Kier alpha value is -1.16. The average Bonchev–Trinajstić information content (AvgIpc) is 2.43. The zero-order valence-electron chi connectivity index (χ0n) is 10.1. The van der Waals surface area contributed by atoms with Gasteiger partial charge in [0.1, 0.15) is 0 Å². The van der Waals surface area contributed by atoms with Crippen molar-refractivity contribution in [2.75, 3.05) is 11.4 Å². The lowest BCUT2D eigenvalue weighted by atomic mass is 10.1. The van der Waals surface area contributed by atoms with Gasteiger partial charge in [-0.15, -0.1) is 0 Å². The molecule has 0 saturated heterocycles. The van der Waals surface area contributed by atoms with Crippen molar-refractivity contribution < 1.29 is 9.59 Å². The van der Waals surface area contributed by atoms with Crippen LogP contribution < -0.4 is 4.90 Å². The van der Waals surface area contributed by atoms with Crippen molar-refractivity contribution in [3.05, 3.63) is 27.7 Å². The fraction of sp³-hybridized carbons (Fsp3) is 0.385. The van der Waals surface area contributed by atoms with Crippen LogP contribution in [0.25, 0.3) is 0 Å². The number of hydrogen-bond donors (Lipinski definition) is 0. The number of benzene rings is 1. The highest BCUT2D eigenvalue weighted by Gasteiger charge is 2.37. The lowest BCUT2D eigenvalue weighted by molar-refractivity contribution is -0.114. The minimum Gasteiger partial charge on any atom is -0.303 e. The number of carbonyl (C=O) groups is 2. The number of carbonyl (C=O) groups excluding carboxylic acids is 2. The van der Waals surface area contributed by atoms with Gasteiger partial charge in [0.05, 0.1) is 11.3 Å². The summed E-state index contributed by atoms with van der Waals surface area (Å²) in [4.78, 5) is 25.4. The molecular weight excluding hydrogens is 282 g/mol. The molecule has 0 radical (unpaired) electrons. The van der Waals surface area contributed by atoms with Crippen molar-refractivity contribution in [3.8, 4) is 0 Å². The maximum Gasteiger partial charge on any atom is 0.299 e. The van der Waals surface area contributed by atoms with E-state index in [1.807, 2.05) is 26.8 Å². The van der Waals surface area contributed by atoms with Crippen molar-refractivity contribution in [1.82, 2.24) is 0 Å². The Morgan fingerprint density at radius 3 is 2.53 bits per heavy atom. The molecule has 1 aromatic carbocycles. The predicted octanol–water partition coefficient (Wildman–Crippen LogP) is 2.94. The quantitative estimate of drug-likeness (QED) is 0.787. The van der Waals surface area contributed by atoms with Crippen LogP contribution in [0.3, 0.4) is 0 Å². The molecule has 0 atom stereocenters. The van der Waals surface area contributed by atoms with Gasteiger partial charge in [-0.25, -0.2) is 0 Å². The van der Waals surface area contributed by atoms with Gasteiger partial charge in [-0.2, -0.15) is 0 Å². The summed E-state index contributed by atoms with van der Waals surface area (Å²) < 4.78 is 0.812. The molecule has 0 aromatic heterocycles. The summed E-state index contributed by atoms with van der Waals surface area (Å²) in [5.41, 5.74) is 2.21. The van der Waals surface area contributed by atoms with Crippen molar-refractivity contribution in [2.24, 2.45) is 5.92 Å². The average molecular weight is 296 g/mol. The maximum atomic E-state index is 11.9. The molecule has 1 heterocycles. The van der Waals surface area contributed by atoms with Gasteiger partial charge in [0.2, 0.25) is 0 Å². The number of amides is 1. The summed E-state index contributed by atoms with van der Waals surface area (Å²) in [6, 6.07) is 3.71. The fourth-order valence-corrected chi connectivity index (χ4v) is 2.85. The van der Waals surface area contributed by atoms with E-state index in [1.165, 1.54) is 0 Å². The second-order valence-corrected chi connectivity index (χ2v) is 5.64. The molecule has 0 unspecified atom stereocenters. The number of hydrogen-bond acceptors (Lipinski definition) is 2. The zero-order valence-corrected chi connectivity index (χ0v) is 11.7. The van der Waals surface area contributed by atoms with Gasteiger partial charge in [-0.1, -0.05) is 13.8 Å². The van der Waals surface area contributed by atoms with Crippen molar-refractivity contribution in [2.45, 2.75) is 20.8 Å². The Bertz CT molecular complexity index is 508. The molecule has 1 amide bonds. The summed E-state index contributed by atoms with van der Waals surface area (Å²) >= 11 is 3.44. The predicted molar refractivity (Wildman–Crippen MR) is 70.4 cm³/mol. The summed E-state index contributed by atoms with van der Waals surface area (Å²) in [7, 11) is 0. The van der Waals surface area contributed by atoms with Gasteiger partial charge in [-0.3, -0.25) is 9.59 Å². The van der Waals surface area contributed by atoms with Gasteiger partial charge in [0, 0.05) is 11.0 Å². The van der Waals surface area contributed by atoms with Gasteiger partial charge in [-0.05, 0) is 46.5 Å². The smallest absolute Gasteiger partial charge is 0.299 e. The van der Waals surface area contributed by atoms with Gasteiger partial charge in [0.15, 0.2) is 0 Å². The van der Waals surface area contributed by atoms with E-state index in [1.54, 1.807) is 11.0 Å². The number of anilines is 1. The third kappa shape index (κ3) is 2.02. The molecule has 1 aromatic rings. The summed E-state index contributed by atoms with van der Waals surface area (Å²) in [6.45, 7) is 6.53. The van der Waals surface area contributed by atoms with E-state index in [2.05, 4.69) is 15.9 Å². The molecule has 0 bridgehead atoms. The summed E-state index contributed by atoms with van der Waals surface area (Å²) in [5, 5.41) is 0. The first-order valence-corrected chi connectivity index (χ1v) is 6.37. The lowest BCUT2D eigenvalue weighted by Gasteiger charge is -2.20. The van der Waals surface area contributed by atoms with E-state index in [0.29, 0.717) is 18.0 Å². The van der Waals surface area contributed by atoms with E-state index in [9.17, 15) is 9.59 Å². The Balaban J connectivity index is 2.56. The van der Waals surface area contributed by atoms with Crippen LogP contribution in [0.4, 0.5) is 5.69 Å². The lowest BCUT2D eigenvalue weighted by Crippen LogP contribution is -2.33. The molecule has 0 fully saturated rings. The van der Waals surface area contributed by atoms with Crippen molar-refractivity contribution in [3.63, 3.8) is 0 Å². The Morgan fingerprint density at radius 2 is 1.94 bits per heavy atom. The minimum atomic E-state index is -0.417. The van der Waals surface area contributed by atoms with Crippen LogP contribution in [0.2, 0.25) is 0 Å². The molecule has 0 aliphatic carbocycles. The molecule has 2 rings (SSSR count). The number of ketones is 1. The third-order valence-corrected chi connectivity index (χ3v) is 3.31. The zero-order chi connectivity index (χ0) is 12.7. The van der Waals surface area contributed by atoms with E-state index in [0.717, 1.165) is 15.7 Å². The number of nitrogens with zero attached hydrogens (tertiary/aromatic N) is 1. The molecule has 4 heteroatoms. The molecule has 0 spiro atoms. The van der Waals surface area contributed by atoms with Crippen LogP contribution >= 0.6 is 15.9 Å². The number of Topliss-reactive ketones (excluding diaryl/α,β-unsaturated/α-hetero) is 1. The van der Waals surface area contributed by atoms with E-state index < -0.39 is 11.7 Å². The largest absolute Gasteiger partial charge is 0.303 e. The molecular formula is C13H14BrNO2. The monoisotopic (exact) mass is 295 g/mol. The van der Waals surface area contributed by atoms with Crippen LogP contribution in [0.5, 0.6) is 0 Å². The molecule has 1 aliphatic rings. The highest BCUT2D eigenvalue weighted by molar-refractivity contribution is 9.10. The molecule has 0 N–H and O–H groups in total. The first-order chi connectivity index (χ1) is 7.91. The second-order valence-electron chi connectivity index (χ2n) is 4.78. The number of fused-ring (bicyclic) bond motifs is 1. The van der Waals surface area contributed by atoms with E-state index in [4.69, 9.17) is 0 Å². The third-order valence-electron chi connectivity index (χ3n) is 2.71. The van der Waals surface area contributed by atoms with Gasteiger partial charge in [0.25, 0.3) is 11.7 Å². The fourth-order valence-electron chi connectivity index (χ4n) is 2.06. The van der Waals surface area contributed by atoms with Crippen LogP contribution in [-0.2, 0) is 4.79 Å². The first-order valence-electron chi connectivity index (χ1n) is 5.58. The van der Waals surface area contributed by atoms with Gasteiger partial charge < -0.3 is 4.90 Å². The van der Waals surface area contributed by atoms with Crippen molar-refractivity contribution in [1.29, 1.82) is 0 Å². The summed E-state index contributed by atoms with van der Waals surface area (Å²) in [5.74, 6) is -0.490. The topological polar surface area (TPSA) is 37.4 Å². The number of rotatable bonds is 2. The normalized spacial score (nSPS) is 14.8. The number of halogens is 1. The highest BCUT2D eigenvalue weighted by atomic mass is 79.9.